The van der Waals surface area contributed by atoms with Crippen LogP contribution in [0.1, 0.15) is 29.0 Å². The minimum Gasteiger partial charge on any atom is -0.351 e. The lowest BCUT2D eigenvalue weighted by Crippen LogP contribution is -2.30. The van der Waals surface area contributed by atoms with E-state index in [1.807, 2.05) is 30.5 Å². The van der Waals surface area contributed by atoms with Gasteiger partial charge in [-0.1, -0.05) is 40.2 Å². The zero-order valence-corrected chi connectivity index (χ0v) is 19.3. The Hall–Kier alpha value is -2.96. The van der Waals surface area contributed by atoms with Crippen molar-refractivity contribution in [3.05, 3.63) is 113 Å². The fourth-order valence-corrected chi connectivity index (χ4v) is 4.83. The molecule has 0 spiro atoms. The van der Waals surface area contributed by atoms with Gasteiger partial charge < -0.3 is 14.8 Å². The molecule has 2 atom stereocenters. The molecule has 154 valence electrons. The Morgan fingerprint density at radius 1 is 0.935 bits per heavy atom. The van der Waals surface area contributed by atoms with Gasteiger partial charge in [-0.15, -0.1) is 0 Å². The van der Waals surface area contributed by atoms with Crippen LogP contribution in [0.25, 0.3) is 5.69 Å². The van der Waals surface area contributed by atoms with Crippen molar-refractivity contribution in [2.24, 2.45) is 0 Å². The number of aromatic nitrogens is 2. The number of halogens is 1. The second-order valence-electron chi connectivity index (χ2n) is 7.56. The van der Waals surface area contributed by atoms with Crippen molar-refractivity contribution in [1.82, 2.24) is 14.9 Å². The van der Waals surface area contributed by atoms with Crippen LogP contribution in [0, 0.1) is 6.92 Å². The van der Waals surface area contributed by atoms with E-state index in [0.717, 1.165) is 27.2 Å². The fraction of sp³-hybridized carbons (Fsp3) is 0.120. The van der Waals surface area contributed by atoms with Crippen molar-refractivity contribution in [2.75, 3.05) is 4.90 Å². The van der Waals surface area contributed by atoms with E-state index < -0.39 is 0 Å². The van der Waals surface area contributed by atoms with E-state index in [1.54, 1.807) is 0 Å². The molecule has 5 rings (SSSR count). The summed E-state index contributed by atoms with van der Waals surface area (Å²) in [5, 5.41) is 4.23. The van der Waals surface area contributed by atoms with Crippen LogP contribution >= 0.6 is 28.1 Å². The van der Waals surface area contributed by atoms with Crippen LogP contribution in [0.3, 0.4) is 0 Å². The van der Waals surface area contributed by atoms with Crippen LogP contribution in [0.4, 0.5) is 5.69 Å². The number of thiocarbonyl (C=S) groups is 1. The maximum Gasteiger partial charge on any atom is 0.174 e. The maximum absolute atomic E-state index is 5.84. The topological polar surface area (TPSA) is 33.1 Å². The molecular formula is C25H21BrN4S. The normalized spacial score (nSPS) is 18.3. The monoisotopic (exact) mass is 488 g/mol. The van der Waals surface area contributed by atoms with Crippen molar-refractivity contribution in [1.29, 1.82) is 0 Å². The molecule has 1 aliphatic heterocycles. The van der Waals surface area contributed by atoms with Gasteiger partial charge in [0.25, 0.3) is 0 Å². The van der Waals surface area contributed by atoms with Gasteiger partial charge in [0.05, 0.1) is 11.7 Å². The predicted octanol–water partition coefficient (Wildman–Crippen LogP) is 6.12. The van der Waals surface area contributed by atoms with Crippen LogP contribution in [0.5, 0.6) is 0 Å². The van der Waals surface area contributed by atoms with E-state index in [0.29, 0.717) is 5.11 Å². The van der Waals surface area contributed by atoms with Crippen LogP contribution in [0.15, 0.2) is 95.7 Å². The molecule has 1 N–H and O–H groups in total. The van der Waals surface area contributed by atoms with Crippen LogP contribution in [-0.4, -0.2) is 14.7 Å². The zero-order valence-electron chi connectivity index (χ0n) is 16.9. The van der Waals surface area contributed by atoms with Crippen LogP contribution < -0.4 is 10.2 Å². The summed E-state index contributed by atoms with van der Waals surface area (Å²) in [6.07, 6.45) is 3.95. The number of aryl methyl sites for hydroxylation is 1. The van der Waals surface area contributed by atoms with Gasteiger partial charge in [-0.25, -0.2) is 0 Å². The van der Waals surface area contributed by atoms with Crippen molar-refractivity contribution in [2.45, 2.75) is 19.0 Å². The molecule has 4 aromatic rings. The highest BCUT2D eigenvalue weighted by molar-refractivity contribution is 9.10. The summed E-state index contributed by atoms with van der Waals surface area (Å²) in [5.41, 5.74) is 5.54. The third-order valence-corrected chi connectivity index (χ3v) is 6.50. The molecule has 31 heavy (non-hydrogen) atoms. The molecule has 1 fully saturated rings. The summed E-state index contributed by atoms with van der Waals surface area (Å²) in [6.45, 7) is 2.14. The largest absolute Gasteiger partial charge is 0.351 e. The van der Waals surface area contributed by atoms with E-state index in [4.69, 9.17) is 12.2 Å². The van der Waals surface area contributed by atoms with Gasteiger partial charge in [-0.2, -0.15) is 0 Å². The molecule has 6 heteroatoms. The SMILES string of the molecule is Cc1ccccc1-n1cccc1[C@@H]1[C@H](c2ccccn2)NC(=S)N1c1ccc(Br)cc1. The first kappa shape index (κ1) is 20.0. The summed E-state index contributed by atoms with van der Waals surface area (Å²) >= 11 is 9.38. The molecule has 2 aromatic carbocycles. The van der Waals surface area contributed by atoms with Gasteiger partial charge in [-0.3, -0.25) is 4.98 Å². The second kappa shape index (κ2) is 8.29. The Labute approximate surface area is 195 Å². The Kier molecular flexibility index (Phi) is 5.34. The first-order valence-corrected chi connectivity index (χ1v) is 11.3. The molecule has 3 heterocycles. The number of benzene rings is 2. The predicted molar refractivity (Wildman–Crippen MR) is 133 cm³/mol. The first-order valence-electron chi connectivity index (χ1n) is 10.1. The molecule has 1 saturated heterocycles. The molecule has 1 aliphatic rings. The quantitative estimate of drug-likeness (QED) is 0.350. The molecule has 0 saturated carbocycles. The van der Waals surface area contributed by atoms with Gasteiger partial charge in [0, 0.05) is 33.9 Å². The van der Waals surface area contributed by atoms with Gasteiger partial charge >= 0.3 is 0 Å². The summed E-state index contributed by atoms with van der Waals surface area (Å²) in [5.74, 6) is 0. The van der Waals surface area contributed by atoms with Crippen LogP contribution in [-0.2, 0) is 0 Å². The van der Waals surface area contributed by atoms with Gasteiger partial charge in [0.1, 0.15) is 6.04 Å². The van der Waals surface area contributed by atoms with Crippen molar-refractivity contribution in [3.8, 4) is 5.69 Å². The minimum atomic E-state index is -0.0741. The van der Waals surface area contributed by atoms with Crippen molar-refractivity contribution < 1.29 is 0 Å². The average molecular weight is 489 g/mol. The van der Waals surface area contributed by atoms with E-state index >= 15 is 0 Å². The maximum atomic E-state index is 5.84. The minimum absolute atomic E-state index is 0.0572. The highest BCUT2D eigenvalue weighted by atomic mass is 79.9. The lowest BCUT2D eigenvalue weighted by Gasteiger charge is -2.29. The van der Waals surface area contributed by atoms with Gasteiger partial charge in [0.15, 0.2) is 5.11 Å². The highest BCUT2D eigenvalue weighted by Crippen LogP contribution is 2.42. The molecule has 0 radical (unpaired) electrons. The van der Waals surface area contributed by atoms with Crippen molar-refractivity contribution >= 4 is 38.9 Å². The Balaban J connectivity index is 1.68. The lowest BCUT2D eigenvalue weighted by atomic mass is 10.0. The highest BCUT2D eigenvalue weighted by Gasteiger charge is 2.42. The van der Waals surface area contributed by atoms with Gasteiger partial charge in [0.2, 0.25) is 0 Å². The van der Waals surface area contributed by atoms with E-state index in [2.05, 4.69) is 103 Å². The van der Waals surface area contributed by atoms with E-state index in [9.17, 15) is 0 Å². The summed E-state index contributed by atoms with van der Waals surface area (Å²) in [6, 6.07) is 26.9. The molecule has 2 aromatic heterocycles. The Bertz CT molecular complexity index is 1220. The number of para-hydroxylation sites is 1. The first-order chi connectivity index (χ1) is 15.1. The van der Waals surface area contributed by atoms with E-state index in [1.165, 1.54) is 5.56 Å². The lowest BCUT2D eigenvalue weighted by molar-refractivity contribution is 0.549. The molecule has 0 bridgehead atoms. The molecule has 0 unspecified atom stereocenters. The molecular weight excluding hydrogens is 468 g/mol. The standard InChI is InChI=1S/C25H21BrN4S/c1-17-7-2-3-9-21(17)29-16-6-10-22(29)24-23(20-8-4-5-15-27-20)28-25(31)30(24)19-13-11-18(26)12-14-19/h2-16,23-24H,1H3,(H,28,31)/t23-,24+/m0/s1. The molecule has 0 aliphatic carbocycles. The van der Waals surface area contributed by atoms with E-state index in [-0.39, 0.29) is 12.1 Å². The number of anilines is 1. The number of hydrogen-bond acceptors (Lipinski definition) is 2. The second-order valence-corrected chi connectivity index (χ2v) is 8.86. The third kappa shape index (κ3) is 3.66. The third-order valence-electron chi connectivity index (χ3n) is 5.66. The zero-order chi connectivity index (χ0) is 21.4. The average Bonchev–Trinajstić information content (AvgIpc) is 3.39. The number of pyridine rings is 1. The van der Waals surface area contributed by atoms with Crippen molar-refractivity contribution in [3.63, 3.8) is 0 Å². The summed E-state index contributed by atoms with van der Waals surface area (Å²) in [4.78, 5) is 6.85. The van der Waals surface area contributed by atoms with Gasteiger partial charge in [-0.05, 0) is 79.3 Å². The number of nitrogens with one attached hydrogen (secondary N) is 1. The summed E-state index contributed by atoms with van der Waals surface area (Å²) in [7, 11) is 0. The number of rotatable bonds is 4. The molecule has 0 amide bonds. The van der Waals surface area contributed by atoms with Crippen LogP contribution in [0.2, 0.25) is 0 Å². The number of nitrogens with zero attached hydrogens (tertiary/aromatic N) is 3. The molecule has 4 nitrogen and oxygen atoms in total. The summed E-state index contributed by atoms with van der Waals surface area (Å²) < 4.78 is 3.30. The number of hydrogen-bond donors (Lipinski definition) is 1. The Morgan fingerprint density at radius 2 is 1.71 bits per heavy atom. The fourth-order valence-electron chi connectivity index (χ4n) is 4.22. The Morgan fingerprint density at radius 3 is 2.45 bits per heavy atom. The smallest absolute Gasteiger partial charge is 0.174 e.